The fourth-order valence-corrected chi connectivity index (χ4v) is 6.46. The van der Waals surface area contributed by atoms with Crippen molar-refractivity contribution in [2.45, 2.75) is 17.7 Å². The Morgan fingerprint density at radius 1 is 1.17 bits per heavy atom. The average Bonchev–Trinajstić information content (AvgIpc) is 3.38. The Labute approximate surface area is 213 Å². The third-order valence-corrected chi connectivity index (χ3v) is 8.72. The molecule has 1 fully saturated rings. The van der Waals surface area contributed by atoms with Crippen molar-refractivity contribution in [2.75, 3.05) is 45.0 Å². The molecule has 0 bridgehead atoms. The summed E-state index contributed by atoms with van der Waals surface area (Å²) in [6.45, 7) is 0.190. The van der Waals surface area contributed by atoms with Gasteiger partial charge in [0.2, 0.25) is 15.9 Å². The van der Waals surface area contributed by atoms with Crippen LogP contribution in [0.1, 0.15) is 12.8 Å². The number of carbonyl (C=O) groups excluding carboxylic acids is 1. The van der Waals surface area contributed by atoms with Crippen LogP contribution in [0.2, 0.25) is 0 Å². The van der Waals surface area contributed by atoms with Crippen LogP contribution in [0.15, 0.2) is 46.7 Å². The second-order valence-corrected chi connectivity index (χ2v) is 11.0. The summed E-state index contributed by atoms with van der Waals surface area (Å²) in [5.74, 6) is -1.09. The van der Waals surface area contributed by atoms with E-state index in [1.54, 1.807) is 19.2 Å². The minimum Gasteiger partial charge on any atom is -0.495 e. The Hall–Kier alpha value is -3.22. The predicted molar refractivity (Wildman–Crippen MR) is 137 cm³/mol. The van der Waals surface area contributed by atoms with Crippen LogP contribution in [0.5, 0.6) is 11.5 Å². The second kappa shape index (κ2) is 10.8. The molecule has 0 radical (unpaired) electrons. The van der Waals surface area contributed by atoms with Gasteiger partial charge in [0.1, 0.15) is 22.2 Å². The van der Waals surface area contributed by atoms with Crippen molar-refractivity contribution in [3.63, 3.8) is 0 Å². The lowest BCUT2D eigenvalue weighted by atomic mass is 9.98. The molecule has 1 aromatic heterocycles. The molecule has 0 spiro atoms. The van der Waals surface area contributed by atoms with Gasteiger partial charge in [-0.2, -0.15) is 4.31 Å². The number of sulfonamides is 1. The minimum atomic E-state index is -4.07. The highest BCUT2D eigenvalue weighted by Crippen LogP contribution is 2.34. The molecule has 0 saturated carbocycles. The predicted octanol–water partition coefficient (Wildman–Crippen LogP) is 4.05. The van der Waals surface area contributed by atoms with Gasteiger partial charge < -0.3 is 20.1 Å². The largest absolute Gasteiger partial charge is 0.495 e. The number of hydrogen-bond acceptors (Lipinski definition) is 8. The van der Waals surface area contributed by atoms with Gasteiger partial charge in [-0.25, -0.2) is 17.8 Å². The highest BCUT2D eigenvalue weighted by atomic mass is 32.2. The van der Waals surface area contributed by atoms with E-state index in [-0.39, 0.29) is 29.6 Å². The molecule has 192 valence electrons. The zero-order valence-corrected chi connectivity index (χ0v) is 21.7. The minimum absolute atomic E-state index is 0.0343. The van der Waals surface area contributed by atoms with Crippen LogP contribution in [0, 0.1) is 11.7 Å². The Kier molecular flexibility index (Phi) is 7.76. The van der Waals surface area contributed by atoms with Crippen LogP contribution >= 0.6 is 11.3 Å². The van der Waals surface area contributed by atoms with Gasteiger partial charge in [-0.3, -0.25) is 4.79 Å². The summed E-state index contributed by atoms with van der Waals surface area (Å²) in [4.78, 5) is 17.5. The van der Waals surface area contributed by atoms with E-state index in [2.05, 4.69) is 15.6 Å². The third kappa shape index (κ3) is 5.30. The lowest BCUT2D eigenvalue weighted by Crippen LogP contribution is -2.43. The van der Waals surface area contributed by atoms with Crippen molar-refractivity contribution in [1.29, 1.82) is 0 Å². The number of ether oxygens (including phenoxy) is 2. The Morgan fingerprint density at radius 3 is 2.61 bits per heavy atom. The Bertz CT molecular complexity index is 1360. The van der Waals surface area contributed by atoms with E-state index in [0.717, 1.165) is 28.5 Å². The summed E-state index contributed by atoms with van der Waals surface area (Å²) in [5, 5.41) is 8.57. The third-order valence-electron chi connectivity index (χ3n) is 5.97. The maximum absolute atomic E-state index is 13.9. The fourth-order valence-electron chi connectivity index (χ4n) is 4.09. The molecule has 3 aromatic rings. The summed E-state index contributed by atoms with van der Waals surface area (Å²) in [5.41, 5.74) is 2.02. The number of thiazole rings is 1. The van der Waals surface area contributed by atoms with Crippen LogP contribution in [0.3, 0.4) is 0 Å². The van der Waals surface area contributed by atoms with Crippen molar-refractivity contribution in [2.24, 2.45) is 5.92 Å². The van der Waals surface area contributed by atoms with Crippen LogP contribution in [-0.2, 0) is 14.8 Å². The van der Waals surface area contributed by atoms with E-state index in [0.29, 0.717) is 24.3 Å². The maximum atomic E-state index is 13.9. The number of halogens is 1. The average molecular weight is 535 g/mol. The van der Waals surface area contributed by atoms with Crippen LogP contribution in [-0.4, -0.2) is 58.0 Å². The first-order valence-electron chi connectivity index (χ1n) is 11.2. The van der Waals surface area contributed by atoms with E-state index in [9.17, 15) is 17.6 Å². The van der Waals surface area contributed by atoms with E-state index >= 15 is 0 Å². The highest BCUT2D eigenvalue weighted by molar-refractivity contribution is 7.89. The molecule has 9 nitrogen and oxygen atoms in total. The molecule has 1 amide bonds. The van der Waals surface area contributed by atoms with Gasteiger partial charge in [0.25, 0.3) is 0 Å². The molecule has 4 rings (SSSR count). The van der Waals surface area contributed by atoms with Crippen LogP contribution in [0.25, 0.3) is 11.3 Å². The van der Waals surface area contributed by atoms with E-state index in [1.165, 1.54) is 35.9 Å². The van der Waals surface area contributed by atoms with Crippen LogP contribution < -0.4 is 20.1 Å². The highest BCUT2D eigenvalue weighted by Gasteiger charge is 2.35. The van der Waals surface area contributed by atoms with Gasteiger partial charge in [0.15, 0.2) is 5.13 Å². The van der Waals surface area contributed by atoms with Gasteiger partial charge in [0, 0.05) is 31.1 Å². The van der Waals surface area contributed by atoms with Crippen molar-refractivity contribution in [3.05, 3.63) is 47.6 Å². The number of methoxy groups -OCH3 is 2. The van der Waals surface area contributed by atoms with E-state index in [4.69, 9.17) is 9.47 Å². The first kappa shape index (κ1) is 25.9. The molecule has 2 heterocycles. The smallest absolute Gasteiger partial charge is 0.246 e. The molecule has 1 unspecified atom stereocenters. The molecule has 2 aromatic carbocycles. The van der Waals surface area contributed by atoms with Crippen molar-refractivity contribution >= 4 is 38.1 Å². The van der Waals surface area contributed by atoms with Gasteiger partial charge in [-0.1, -0.05) is 0 Å². The van der Waals surface area contributed by atoms with Crippen molar-refractivity contribution in [3.8, 4) is 22.8 Å². The van der Waals surface area contributed by atoms with Gasteiger partial charge in [-0.15, -0.1) is 11.3 Å². The number of rotatable bonds is 8. The molecule has 36 heavy (non-hydrogen) atoms. The number of piperidine rings is 1. The number of benzene rings is 2. The first-order chi connectivity index (χ1) is 17.3. The quantitative estimate of drug-likeness (QED) is 0.449. The van der Waals surface area contributed by atoms with Gasteiger partial charge in [0.05, 0.1) is 31.5 Å². The monoisotopic (exact) mass is 534 g/mol. The number of hydrogen-bond donors (Lipinski definition) is 2. The standard InChI is InChI=1S/C24H27FN4O5S2/c1-26-24-28-19(14-35-24)15-6-8-20(33-2)18(11-15)27-23(30)16-5-4-10-29(13-16)36(31,32)22-12-17(25)7-9-21(22)34-3/h6-9,11-12,14,16H,4-5,10,13H2,1-3H3,(H,26,28)(H,27,30). The zero-order valence-electron chi connectivity index (χ0n) is 20.1. The fraction of sp³-hybridized carbons (Fsp3) is 0.333. The summed E-state index contributed by atoms with van der Waals surface area (Å²) in [7, 11) is 0.553. The molecule has 12 heteroatoms. The second-order valence-electron chi connectivity index (χ2n) is 8.19. The summed E-state index contributed by atoms with van der Waals surface area (Å²) < 4.78 is 52.2. The normalized spacial score (nSPS) is 16.4. The lowest BCUT2D eigenvalue weighted by Gasteiger charge is -2.31. The molecular formula is C24H27FN4O5S2. The van der Waals surface area contributed by atoms with Crippen molar-refractivity contribution in [1.82, 2.24) is 9.29 Å². The maximum Gasteiger partial charge on any atom is 0.246 e. The van der Waals surface area contributed by atoms with E-state index in [1.807, 2.05) is 11.4 Å². The zero-order chi connectivity index (χ0) is 25.9. The SMILES string of the molecule is CNc1nc(-c2ccc(OC)c(NC(=O)C3CCCN(S(=O)(=O)c4cc(F)ccc4OC)C3)c2)cs1. The number of aromatic nitrogens is 1. The topological polar surface area (TPSA) is 110 Å². The van der Waals surface area contributed by atoms with E-state index < -0.39 is 21.8 Å². The molecule has 1 aliphatic rings. The Balaban J connectivity index is 1.54. The van der Waals surface area contributed by atoms with Gasteiger partial charge >= 0.3 is 0 Å². The number of nitrogens with one attached hydrogen (secondary N) is 2. The Morgan fingerprint density at radius 2 is 1.92 bits per heavy atom. The van der Waals surface area contributed by atoms with Crippen LogP contribution in [0.4, 0.5) is 15.2 Å². The molecule has 0 aliphatic carbocycles. The molecular weight excluding hydrogens is 507 g/mol. The number of nitrogens with zero attached hydrogens (tertiary/aromatic N) is 2. The summed E-state index contributed by atoms with van der Waals surface area (Å²) >= 11 is 1.47. The van der Waals surface area contributed by atoms with Crippen molar-refractivity contribution < 1.29 is 27.1 Å². The number of amides is 1. The molecule has 1 atom stereocenters. The lowest BCUT2D eigenvalue weighted by molar-refractivity contribution is -0.120. The number of anilines is 2. The molecule has 1 aliphatic heterocycles. The summed E-state index contributed by atoms with van der Waals surface area (Å²) in [6.07, 6.45) is 0.996. The first-order valence-corrected chi connectivity index (χ1v) is 13.5. The molecule has 1 saturated heterocycles. The summed E-state index contributed by atoms with van der Waals surface area (Å²) in [6, 6.07) is 8.72. The number of carbonyl (C=O) groups is 1. The molecule has 2 N–H and O–H groups in total. The van der Waals surface area contributed by atoms with Gasteiger partial charge in [-0.05, 0) is 49.2 Å².